The lowest BCUT2D eigenvalue weighted by molar-refractivity contribution is 0.350. The van der Waals surface area contributed by atoms with Gasteiger partial charge in [-0.15, -0.1) is 11.3 Å². The van der Waals surface area contributed by atoms with Crippen molar-refractivity contribution in [3.05, 3.63) is 53.6 Å². The van der Waals surface area contributed by atoms with Crippen LogP contribution in [-0.4, -0.2) is 47.3 Å². The van der Waals surface area contributed by atoms with Crippen LogP contribution in [0.25, 0.3) is 47.7 Å². The van der Waals surface area contributed by atoms with Crippen LogP contribution in [0, 0.1) is 13.8 Å². The zero-order valence-electron chi connectivity index (χ0n) is 19.1. The van der Waals surface area contributed by atoms with Crippen molar-refractivity contribution in [2.24, 2.45) is 0 Å². The molecule has 4 aromatic carbocycles. The Labute approximate surface area is 207 Å². The monoisotopic (exact) mass is 501 g/mol. The zero-order chi connectivity index (χ0) is 25.6. The molecule has 36 heavy (non-hydrogen) atoms. The van der Waals surface area contributed by atoms with Crippen molar-refractivity contribution in [3.63, 3.8) is 0 Å². The molecule has 0 saturated carbocycles. The van der Waals surface area contributed by atoms with Gasteiger partial charge in [0.05, 0.1) is 16.6 Å². The van der Waals surface area contributed by atoms with E-state index in [1.165, 1.54) is 0 Å². The molecule has 0 bridgehead atoms. The Bertz CT molecular complexity index is 1900. The number of phenols is 5. The number of phenolic OH excluding ortho intramolecular Hbond substituents is 5. The highest BCUT2D eigenvalue weighted by molar-refractivity contribution is 7.25. The minimum atomic E-state index is -2.02. The maximum Gasteiger partial charge on any atom is 0.492 e. The van der Waals surface area contributed by atoms with Crippen LogP contribution in [0.1, 0.15) is 11.1 Å². The van der Waals surface area contributed by atoms with Crippen molar-refractivity contribution in [3.8, 4) is 34.4 Å². The fourth-order valence-electron chi connectivity index (χ4n) is 5.33. The van der Waals surface area contributed by atoms with Crippen LogP contribution in [0.5, 0.6) is 28.7 Å². The zero-order valence-corrected chi connectivity index (χ0v) is 19.9. The molecule has 2 heterocycles. The summed E-state index contributed by atoms with van der Waals surface area (Å²) in [6, 6.07) is 13.5. The third-order valence-electron chi connectivity index (χ3n) is 6.93. The van der Waals surface area contributed by atoms with Crippen LogP contribution in [0.15, 0.2) is 42.5 Å². The third-order valence-corrected chi connectivity index (χ3v) is 8.07. The molecule has 0 fully saturated rings. The number of fused-ring (bicyclic) bond motifs is 6. The van der Waals surface area contributed by atoms with E-state index in [1.807, 2.05) is 42.5 Å². The summed E-state index contributed by atoms with van der Waals surface area (Å²) in [5.41, 5.74) is 1.28. The van der Waals surface area contributed by atoms with Gasteiger partial charge in [-0.1, -0.05) is 24.3 Å². The molecule has 0 radical (unpaired) electrons. The summed E-state index contributed by atoms with van der Waals surface area (Å²) in [5.74, 6) is -3.51. The number of hydrogen-bond donors (Lipinski definition) is 7. The first-order valence-electron chi connectivity index (χ1n) is 11.1. The van der Waals surface area contributed by atoms with Crippen LogP contribution in [0.3, 0.4) is 0 Å². The Kier molecular flexibility index (Phi) is 4.62. The fourth-order valence-corrected chi connectivity index (χ4v) is 6.45. The Hall–Kier alpha value is -4.12. The average molecular weight is 501 g/mol. The number of aromatic nitrogens is 1. The van der Waals surface area contributed by atoms with Crippen LogP contribution in [0.4, 0.5) is 0 Å². The highest BCUT2D eigenvalue weighted by atomic mass is 32.1. The normalized spacial score (nSPS) is 11.9. The predicted octanol–water partition coefficient (Wildman–Crippen LogP) is 3.98. The number of nitrogens with zero attached hydrogens (tertiary/aromatic N) is 1. The van der Waals surface area contributed by atoms with Gasteiger partial charge < -0.3 is 40.1 Å². The molecule has 8 nitrogen and oxygen atoms in total. The topological polar surface area (TPSA) is 147 Å². The fraction of sp³-hybridized carbons (Fsp3) is 0.0769. The molecule has 0 aliphatic carbocycles. The summed E-state index contributed by atoms with van der Waals surface area (Å²) in [4.78, 5) is 0. The molecule has 6 aromatic rings. The first-order valence-corrected chi connectivity index (χ1v) is 11.9. The van der Waals surface area contributed by atoms with Crippen LogP contribution in [0.2, 0.25) is 0 Å². The standard InChI is InChI=1S/C26H20BNO7S/c1-10-16-18-21(24(31)26(33)25(32)23(18)30)28(20(16)11(2)22(29)19(10)27(34)35)13-7-5-9-15-17(13)12-6-3-4-8-14(12)36-15/h3-9,29-35H,1-2H3. The molecule has 180 valence electrons. The van der Waals surface area contributed by atoms with E-state index in [2.05, 4.69) is 0 Å². The van der Waals surface area contributed by atoms with Gasteiger partial charge in [0.25, 0.3) is 0 Å². The lowest BCUT2D eigenvalue weighted by Gasteiger charge is -2.16. The van der Waals surface area contributed by atoms with E-state index in [-0.39, 0.29) is 38.6 Å². The average Bonchev–Trinajstić information content (AvgIpc) is 3.41. The lowest BCUT2D eigenvalue weighted by atomic mass is 9.74. The van der Waals surface area contributed by atoms with Crippen molar-refractivity contribution in [1.82, 2.24) is 4.57 Å². The second-order valence-corrected chi connectivity index (χ2v) is 9.90. The van der Waals surface area contributed by atoms with E-state index < -0.39 is 30.1 Å². The maximum atomic E-state index is 11.1. The van der Waals surface area contributed by atoms with E-state index in [0.717, 1.165) is 20.2 Å². The first-order chi connectivity index (χ1) is 17.1. The molecule has 10 heteroatoms. The molecule has 7 N–H and O–H groups in total. The Morgan fingerprint density at radius 2 is 1.31 bits per heavy atom. The number of hydrogen-bond acceptors (Lipinski definition) is 8. The van der Waals surface area contributed by atoms with Gasteiger partial charge in [-0.25, -0.2) is 0 Å². The van der Waals surface area contributed by atoms with E-state index in [9.17, 15) is 35.6 Å². The largest absolute Gasteiger partial charge is 0.508 e. The first kappa shape index (κ1) is 22.4. The third kappa shape index (κ3) is 2.66. The van der Waals surface area contributed by atoms with E-state index in [4.69, 9.17) is 0 Å². The summed E-state index contributed by atoms with van der Waals surface area (Å²) in [6.07, 6.45) is 0. The van der Waals surface area contributed by atoms with Gasteiger partial charge in [0.1, 0.15) is 11.3 Å². The minimum Gasteiger partial charge on any atom is -0.508 e. The van der Waals surface area contributed by atoms with E-state index in [1.54, 1.807) is 29.8 Å². The van der Waals surface area contributed by atoms with Crippen molar-refractivity contribution in [2.75, 3.05) is 0 Å². The van der Waals surface area contributed by atoms with Gasteiger partial charge in [0.2, 0.25) is 11.5 Å². The SMILES string of the molecule is Cc1c(B(O)O)c(O)c(C)c2c1c1c(O)c(O)c(O)c(O)c1n2-c1cccc2sc3ccccc3c12. The smallest absolute Gasteiger partial charge is 0.492 e. The van der Waals surface area contributed by atoms with Gasteiger partial charge in [-0.2, -0.15) is 0 Å². The number of thiophene rings is 1. The lowest BCUT2D eigenvalue weighted by Crippen LogP contribution is -2.33. The molecule has 0 aliphatic heterocycles. The highest BCUT2D eigenvalue weighted by Crippen LogP contribution is 2.54. The number of aromatic hydroxyl groups is 5. The number of benzene rings is 4. The predicted molar refractivity (Wildman–Crippen MR) is 141 cm³/mol. The highest BCUT2D eigenvalue weighted by Gasteiger charge is 2.32. The molecule has 0 spiro atoms. The quantitative estimate of drug-likeness (QED) is 0.108. The molecular weight excluding hydrogens is 481 g/mol. The molecule has 0 amide bonds. The summed E-state index contributed by atoms with van der Waals surface area (Å²) in [5, 5.41) is 76.0. The summed E-state index contributed by atoms with van der Waals surface area (Å²) >= 11 is 1.58. The summed E-state index contributed by atoms with van der Waals surface area (Å²) < 4.78 is 3.61. The molecule has 2 aromatic heterocycles. The van der Waals surface area contributed by atoms with Crippen molar-refractivity contribution < 1.29 is 35.6 Å². The van der Waals surface area contributed by atoms with Gasteiger partial charge >= 0.3 is 7.12 Å². The number of aryl methyl sites for hydroxylation is 2. The van der Waals surface area contributed by atoms with Crippen molar-refractivity contribution >= 4 is 65.9 Å². The second kappa shape index (κ2) is 7.44. The Balaban J connectivity index is 1.97. The van der Waals surface area contributed by atoms with Crippen molar-refractivity contribution in [2.45, 2.75) is 13.8 Å². The van der Waals surface area contributed by atoms with Crippen molar-refractivity contribution in [1.29, 1.82) is 0 Å². The molecular formula is C26H20BNO7S. The van der Waals surface area contributed by atoms with Gasteiger partial charge in [0.15, 0.2) is 11.5 Å². The summed E-state index contributed by atoms with van der Waals surface area (Å²) in [7, 11) is -2.02. The molecule has 0 unspecified atom stereocenters. The van der Waals surface area contributed by atoms with E-state index in [0.29, 0.717) is 11.2 Å². The van der Waals surface area contributed by atoms with Crippen LogP contribution < -0.4 is 5.46 Å². The minimum absolute atomic E-state index is 0.00293. The molecule has 6 rings (SSSR count). The Morgan fingerprint density at radius 3 is 2.03 bits per heavy atom. The molecule has 0 atom stereocenters. The van der Waals surface area contributed by atoms with E-state index >= 15 is 0 Å². The van der Waals surface area contributed by atoms with Crippen LogP contribution >= 0.6 is 11.3 Å². The van der Waals surface area contributed by atoms with Gasteiger partial charge in [0, 0.05) is 36.6 Å². The van der Waals surface area contributed by atoms with Gasteiger partial charge in [-0.3, -0.25) is 0 Å². The maximum absolute atomic E-state index is 11.1. The van der Waals surface area contributed by atoms with Gasteiger partial charge in [-0.05, 0) is 37.6 Å². The summed E-state index contributed by atoms with van der Waals surface area (Å²) in [6.45, 7) is 3.12. The number of rotatable bonds is 2. The van der Waals surface area contributed by atoms with Crippen LogP contribution in [-0.2, 0) is 0 Å². The Morgan fingerprint density at radius 1 is 0.639 bits per heavy atom. The molecule has 0 aliphatic rings. The molecule has 0 saturated heterocycles. The second-order valence-electron chi connectivity index (χ2n) is 8.81.